The van der Waals surface area contributed by atoms with Crippen LogP contribution in [-0.2, 0) is 16.1 Å². The molecule has 3 amide bonds. The SMILES string of the molecule is N#CC1(N2Cc3ccccc3C2=O)CCC(=O)NC1=O. The average molecular weight is 269 g/mol. The third-order valence-electron chi connectivity index (χ3n) is 3.81. The minimum atomic E-state index is -1.59. The van der Waals surface area contributed by atoms with Gasteiger partial charge in [0, 0.05) is 24.9 Å². The second-order valence-electron chi connectivity index (χ2n) is 4.90. The second-order valence-corrected chi connectivity index (χ2v) is 4.90. The van der Waals surface area contributed by atoms with E-state index in [0.29, 0.717) is 5.56 Å². The maximum atomic E-state index is 12.4. The smallest absolute Gasteiger partial charge is 0.267 e. The van der Waals surface area contributed by atoms with Crippen molar-refractivity contribution in [2.24, 2.45) is 0 Å². The van der Waals surface area contributed by atoms with Crippen molar-refractivity contribution >= 4 is 17.7 Å². The van der Waals surface area contributed by atoms with Crippen LogP contribution in [0.1, 0.15) is 28.8 Å². The largest absolute Gasteiger partial charge is 0.308 e. The number of carbonyl (C=O) groups excluding carboxylic acids is 3. The Labute approximate surface area is 115 Å². The van der Waals surface area contributed by atoms with Crippen LogP contribution in [-0.4, -0.2) is 28.2 Å². The van der Waals surface area contributed by atoms with E-state index in [2.05, 4.69) is 5.32 Å². The van der Waals surface area contributed by atoms with Crippen molar-refractivity contribution < 1.29 is 14.4 Å². The minimum Gasteiger partial charge on any atom is -0.308 e. The molecule has 2 heterocycles. The highest BCUT2D eigenvalue weighted by atomic mass is 16.2. The van der Waals surface area contributed by atoms with Crippen molar-refractivity contribution in [1.29, 1.82) is 5.26 Å². The summed E-state index contributed by atoms with van der Waals surface area (Å²) >= 11 is 0. The summed E-state index contributed by atoms with van der Waals surface area (Å²) in [6.07, 6.45) is 0.0906. The minimum absolute atomic E-state index is 0.0356. The van der Waals surface area contributed by atoms with E-state index in [4.69, 9.17) is 0 Å². The summed E-state index contributed by atoms with van der Waals surface area (Å²) < 4.78 is 0. The van der Waals surface area contributed by atoms with Gasteiger partial charge in [0.1, 0.15) is 6.07 Å². The molecule has 1 aromatic carbocycles. The summed E-state index contributed by atoms with van der Waals surface area (Å²) in [5.74, 6) is -1.46. The van der Waals surface area contributed by atoms with Gasteiger partial charge < -0.3 is 4.90 Å². The van der Waals surface area contributed by atoms with Gasteiger partial charge >= 0.3 is 0 Å². The Balaban J connectivity index is 2.01. The molecule has 1 unspecified atom stereocenters. The number of amides is 3. The van der Waals surface area contributed by atoms with Crippen LogP contribution in [0.5, 0.6) is 0 Å². The molecule has 1 fully saturated rings. The fourth-order valence-corrected chi connectivity index (χ4v) is 2.69. The molecule has 1 aromatic rings. The number of hydrogen-bond donors (Lipinski definition) is 1. The van der Waals surface area contributed by atoms with E-state index in [0.717, 1.165) is 5.56 Å². The van der Waals surface area contributed by atoms with E-state index < -0.39 is 17.4 Å². The highest BCUT2D eigenvalue weighted by molar-refractivity contribution is 6.09. The van der Waals surface area contributed by atoms with Crippen LogP contribution in [0, 0.1) is 11.3 Å². The first kappa shape index (κ1) is 12.4. The quantitative estimate of drug-likeness (QED) is 0.744. The summed E-state index contributed by atoms with van der Waals surface area (Å²) in [5.41, 5.74) is -0.298. The number of rotatable bonds is 1. The predicted molar refractivity (Wildman–Crippen MR) is 67.0 cm³/mol. The first-order valence-corrected chi connectivity index (χ1v) is 6.24. The number of hydrogen-bond acceptors (Lipinski definition) is 4. The van der Waals surface area contributed by atoms with Crippen LogP contribution in [0.2, 0.25) is 0 Å². The summed E-state index contributed by atoms with van der Waals surface area (Å²) in [5, 5.41) is 11.6. The van der Waals surface area contributed by atoms with Crippen molar-refractivity contribution in [3.05, 3.63) is 35.4 Å². The van der Waals surface area contributed by atoms with Gasteiger partial charge in [-0.05, 0) is 11.6 Å². The maximum absolute atomic E-state index is 12.4. The van der Waals surface area contributed by atoms with E-state index in [1.54, 1.807) is 24.3 Å². The van der Waals surface area contributed by atoms with Crippen molar-refractivity contribution in [1.82, 2.24) is 10.2 Å². The molecule has 0 aromatic heterocycles. The molecule has 1 N–H and O–H groups in total. The predicted octanol–water partition coefficient (Wildman–Crippen LogP) is 0.341. The molecule has 2 aliphatic heterocycles. The number of benzene rings is 1. The maximum Gasteiger partial charge on any atom is 0.267 e. The van der Waals surface area contributed by atoms with E-state index in [9.17, 15) is 19.6 Å². The highest BCUT2D eigenvalue weighted by Crippen LogP contribution is 2.33. The Morgan fingerprint density at radius 1 is 1.25 bits per heavy atom. The summed E-state index contributed by atoms with van der Waals surface area (Å²) in [6, 6.07) is 8.95. The molecule has 6 heteroatoms. The number of carbonyl (C=O) groups is 3. The summed E-state index contributed by atoms with van der Waals surface area (Å²) in [6.45, 7) is 0.212. The lowest BCUT2D eigenvalue weighted by molar-refractivity contribution is -0.140. The number of piperidine rings is 1. The average Bonchev–Trinajstić information content (AvgIpc) is 2.78. The lowest BCUT2D eigenvalue weighted by Crippen LogP contribution is -2.62. The third-order valence-corrected chi connectivity index (χ3v) is 3.81. The molecular formula is C14H11N3O3. The lowest BCUT2D eigenvalue weighted by Gasteiger charge is -2.36. The van der Waals surface area contributed by atoms with Crippen molar-refractivity contribution in [3.8, 4) is 6.07 Å². The van der Waals surface area contributed by atoms with Crippen LogP contribution in [0.15, 0.2) is 24.3 Å². The van der Waals surface area contributed by atoms with E-state index in [1.165, 1.54) is 4.90 Å². The molecule has 20 heavy (non-hydrogen) atoms. The van der Waals surface area contributed by atoms with Crippen LogP contribution in [0.3, 0.4) is 0 Å². The van der Waals surface area contributed by atoms with Gasteiger partial charge in [0.2, 0.25) is 11.4 Å². The standard InChI is InChI=1S/C14H11N3O3/c15-8-14(6-5-11(18)16-13(14)20)17-7-9-3-1-2-4-10(9)12(17)19/h1-4H,5-7H2,(H,16,18,20). The molecule has 6 nitrogen and oxygen atoms in total. The lowest BCUT2D eigenvalue weighted by atomic mass is 9.88. The molecule has 2 aliphatic rings. The van der Waals surface area contributed by atoms with Crippen LogP contribution in [0.4, 0.5) is 0 Å². The van der Waals surface area contributed by atoms with Gasteiger partial charge in [-0.2, -0.15) is 5.26 Å². The topological polar surface area (TPSA) is 90.3 Å². The van der Waals surface area contributed by atoms with Gasteiger partial charge in [-0.1, -0.05) is 18.2 Å². The number of fused-ring (bicyclic) bond motifs is 1. The summed E-state index contributed by atoms with van der Waals surface area (Å²) in [7, 11) is 0. The molecule has 0 radical (unpaired) electrons. The third kappa shape index (κ3) is 1.53. The summed E-state index contributed by atoms with van der Waals surface area (Å²) in [4.78, 5) is 37.0. The Hall–Kier alpha value is -2.68. The highest BCUT2D eigenvalue weighted by Gasteiger charge is 2.52. The van der Waals surface area contributed by atoms with E-state index in [-0.39, 0.29) is 25.3 Å². The van der Waals surface area contributed by atoms with Crippen LogP contribution in [0.25, 0.3) is 0 Å². The zero-order valence-electron chi connectivity index (χ0n) is 10.5. The molecule has 1 atom stereocenters. The van der Waals surface area contributed by atoms with Gasteiger partial charge in [0.05, 0.1) is 0 Å². The van der Waals surface area contributed by atoms with Gasteiger partial charge in [-0.3, -0.25) is 19.7 Å². The molecule has 3 rings (SSSR count). The first-order valence-electron chi connectivity index (χ1n) is 6.24. The van der Waals surface area contributed by atoms with Gasteiger partial charge in [0.25, 0.3) is 11.8 Å². The number of nitrogens with zero attached hydrogens (tertiary/aromatic N) is 2. The monoisotopic (exact) mass is 269 g/mol. The normalized spacial score (nSPS) is 25.1. The Morgan fingerprint density at radius 3 is 2.65 bits per heavy atom. The fourth-order valence-electron chi connectivity index (χ4n) is 2.69. The molecule has 0 spiro atoms. The van der Waals surface area contributed by atoms with E-state index in [1.807, 2.05) is 6.07 Å². The van der Waals surface area contributed by atoms with Crippen LogP contribution < -0.4 is 5.32 Å². The molecule has 100 valence electrons. The first-order chi connectivity index (χ1) is 9.58. The van der Waals surface area contributed by atoms with Crippen molar-refractivity contribution in [2.75, 3.05) is 0 Å². The molecule has 1 saturated heterocycles. The molecule has 0 aliphatic carbocycles. The van der Waals surface area contributed by atoms with E-state index >= 15 is 0 Å². The number of imide groups is 1. The Kier molecular flexibility index (Phi) is 2.57. The Bertz CT molecular complexity index is 676. The van der Waals surface area contributed by atoms with Crippen molar-refractivity contribution in [2.45, 2.75) is 24.9 Å². The zero-order valence-corrected chi connectivity index (χ0v) is 10.5. The van der Waals surface area contributed by atoms with Crippen molar-refractivity contribution in [3.63, 3.8) is 0 Å². The molecular weight excluding hydrogens is 258 g/mol. The number of nitrogens with one attached hydrogen (secondary N) is 1. The van der Waals surface area contributed by atoms with Gasteiger partial charge in [0.15, 0.2) is 0 Å². The molecule has 0 bridgehead atoms. The van der Waals surface area contributed by atoms with Gasteiger partial charge in [-0.15, -0.1) is 0 Å². The number of nitriles is 1. The second kappa shape index (κ2) is 4.17. The fraction of sp³-hybridized carbons (Fsp3) is 0.286. The van der Waals surface area contributed by atoms with Crippen LogP contribution >= 0.6 is 0 Å². The Morgan fingerprint density at radius 2 is 2.00 bits per heavy atom. The zero-order chi connectivity index (χ0) is 14.3. The molecule has 0 saturated carbocycles. The van der Waals surface area contributed by atoms with Gasteiger partial charge in [-0.25, -0.2) is 0 Å².